The molecule has 0 unspecified atom stereocenters. The molecule has 0 spiro atoms. The predicted molar refractivity (Wildman–Crippen MR) is 132 cm³/mol. The molecule has 7 heteroatoms. The van der Waals surface area contributed by atoms with Crippen molar-refractivity contribution in [2.24, 2.45) is 0 Å². The quantitative estimate of drug-likeness (QED) is 0.401. The number of thiocarbonyl (C=S) groups is 1. The van der Waals surface area contributed by atoms with Crippen molar-refractivity contribution < 1.29 is 4.79 Å². The lowest BCUT2D eigenvalue weighted by atomic mass is 10.1. The molecule has 0 atom stereocenters. The maximum absolute atomic E-state index is 12.5. The highest BCUT2D eigenvalue weighted by atomic mass is 32.1. The Labute approximate surface area is 192 Å². The highest BCUT2D eigenvalue weighted by Gasteiger charge is 2.11. The van der Waals surface area contributed by atoms with E-state index in [4.69, 9.17) is 12.2 Å². The van der Waals surface area contributed by atoms with Crippen molar-refractivity contribution in [1.29, 1.82) is 0 Å². The number of fused-ring (bicyclic) bond motifs is 1. The lowest BCUT2D eigenvalue weighted by Gasteiger charge is -2.10. The monoisotopic (exact) mass is 443 g/mol. The topological polar surface area (TPSA) is 71.8 Å². The van der Waals surface area contributed by atoms with E-state index in [2.05, 4.69) is 39.9 Å². The van der Waals surface area contributed by atoms with E-state index < -0.39 is 0 Å². The van der Waals surface area contributed by atoms with E-state index in [-0.39, 0.29) is 11.0 Å². The van der Waals surface area contributed by atoms with E-state index >= 15 is 0 Å². The molecule has 0 saturated carbocycles. The van der Waals surface area contributed by atoms with Crippen LogP contribution in [0.5, 0.6) is 0 Å². The van der Waals surface area contributed by atoms with Gasteiger partial charge in [0.1, 0.15) is 11.0 Å². The number of aromatic nitrogens is 3. The second kappa shape index (κ2) is 9.70. The minimum Gasteiger partial charge on any atom is -0.332 e. The van der Waals surface area contributed by atoms with Crippen molar-refractivity contribution in [3.05, 3.63) is 83.4 Å². The fourth-order valence-electron chi connectivity index (χ4n) is 3.45. The van der Waals surface area contributed by atoms with E-state index in [1.54, 1.807) is 10.9 Å². The predicted octanol–water partition coefficient (Wildman–Crippen LogP) is 5.20. The van der Waals surface area contributed by atoms with Crippen LogP contribution in [0.25, 0.3) is 16.7 Å². The van der Waals surface area contributed by atoms with Gasteiger partial charge in [0.25, 0.3) is 5.91 Å². The Morgan fingerprint density at radius 3 is 2.50 bits per heavy atom. The number of nitrogens with one attached hydrogen (secondary N) is 2. The summed E-state index contributed by atoms with van der Waals surface area (Å²) < 4.78 is 0. The van der Waals surface area contributed by atoms with Gasteiger partial charge in [-0.05, 0) is 79.5 Å². The van der Waals surface area contributed by atoms with Gasteiger partial charge in [0.2, 0.25) is 0 Å². The van der Waals surface area contributed by atoms with Gasteiger partial charge in [-0.2, -0.15) is 4.80 Å². The van der Waals surface area contributed by atoms with Crippen molar-refractivity contribution in [3.63, 3.8) is 0 Å². The van der Waals surface area contributed by atoms with Crippen LogP contribution in [0.15, 0.2) is 66.7 Å². The summed E-state index contributed by atoms with van der Waals surface area (Å²) in [6.45, 7) is 4.09. The van der Waals surface area contributed by atoms with Gasteiger partial charge in [0.05, 0.1) is 5.69 Å². The standard InChI is InChI=1S/C25H25N5OS/c1-3-4-8-18-10-13-20(14-11-18)30-28-22-15-12-19(16-23(22)29-30)26-25(32)27-24(31)21-9-6-5-7-17(21)2/h5-7,9-16H,3-4,8H2,1-2H3,(H2,26,27,31,32). The van der Waals surface area contributed by atoms with Crippen molar-refractivity contribution >= 4 is 40.0 Å². The Balaban J connectivity index is 1.45. The molecule has 4 aromatic rings. The van der Waals surface area contributed by atoms with E-state index in [1.807, 2.05) is 55.5 Å². The zero-order valence-corrected chi connectivity index (χ0v) is 18.9. The molecule has 162 valence electrons. The number of nitrogens with zero attached hydrogens (tertiary/aromatic N) is 3. The normalized spacial score (nSPS) is 10.8. The van der Waals surface area contributed by atoms with Gasteiger partial charge in [-0.15, -0.1) is 10.2 Å². The van der Waals surface area contributed by atoms with Gasteiger partial charge in [-0.3, -0.25) is 10.1 Å². The third-order valence-electron chi connectivity index (χ3n) is 5.24. The molecule has 2 N–H and O–H groups in total. The summed E-state index contributed by atoms with van der Waals surface area (Å²) >= 11 is 5.32. The maximum atomic E-state index is 12.5. The summed E-state index contributed by atoms with van der Waals surface area (Å²) in [4.78, 5) is 14.1. The molecule has 0 aliphatic heterocycles. The average Bonchev–Trinajstić information content (AvgIpc) is 3.21. The van der Waals surface area contributed by atoms with Crippen molar-refractivity contribution in [3.8, 4) is 5.69 Å². The van der Waals surface area contributed by atoms with Crippen LogP contribution in [0.3, 0.4) is 0 Å². The Bertz CT molecular complexity index is 1260. The first-order chi connectivity index (χ1) is 15.5. The molecule has 4 rings (SSSR count). The van der Waals surface area contributed by atoms with Gasteiger partial charge < -0.3 is 5.32 Å². The summed E-state index contributed by atoms with van der Waals surface area (Å²) in [5.74, 6) is -0.241. The van der Waals surface area contributed by atoms with Crippen LogP contribution < -0.4 is 10.6 Å². The van der Waals surface area contributed by atoms with Crippen LogP contribution in [0, 0.1) is 6.92 Å². The van der Waals surface area contributed by atoms with E-state index in [0.717, 1.165) is 34.4 Å². The number of carbonyl (C=O) groups excluding carboxylic acids is 1. The van der Waals surface area contributed by atoms with Gasteiger partial charge >= 0.3 is 0 Å². The second-order valence-corrected chi connectivity index (χ2v) is 8.09. The Morgan fingerprint density at radius 2 is 1.75 bits per heavy atom. The zero-order valence-electron chi connectivity index (χ0n) is 18.1. The maximum Gasteiger partial charge on any atom is 0.257 e. The molecule has 0 aliphatic rings. The number of benzene rings is 3. The van der Waals surface area contributed by atoms with Gasteiger partial charge in [0.15, 0.2) is 5.11 Å². The van der Waals surface area contributed by atoms with E-state index in [9.17, 15) is 4.79 Å². The second-order valence-electron chi connectivity index (χ2n) is 7.69. The van der Waals surface area contributed by atoms with Crippen LogP contribution >= 0.6 is 12.2 Å². The van der Waals surface area contributed by atoms with Crippen molar-refractivity contribution in [2.75, 3.05) is 5.32 Å². The molecule has 0 radical (unpaired) electrons. The van der Waals surface area contributed by atoms with Crippen LogP contribution in [0.4, 0.5) is 5.69 Å². The number of hydrogen-bond donors (Lipinski definition) is 2. The molecule has 0 fully saturated rings. The first-order valence-corrected chi connectivity index (χ1v) is 11.1. The molecular weight excluding hydrogens is 418 g/mol. The fraction of sp³-hybridized carbons (Fsp3) is 0.200. The summed E-state index contributed by atoms with van der Waals surface area (Å²) in [6, 6.07) is 21.3. The van der Waals surface area contributed by atoms with Crippen molar-refractivity contribution in [2.45, 2.75) is 33.1 Å². The minimum atomic E-state index is -0.241. The van der Waals surface area contributed by atoms with Crippen molar-refractivity contribution in [1.82, 2.24) is 20.3 Å². The van der Waals surface area contributed by atoms with Crippen LogP contribution in [-0.2, 0) is 6.42 Å². The Hall–Kier alpha value is -3.58. The van der Waals surface area contributed by atoms with Gasteiger partial charge in [-0.25, -0.2) is 0 Å². The van der Waals surface area contributed by atoms with Gasteiger partial charge in [0, 0.05) is 11.3 Å². The number of amides is 1. The number of aryl methyl sites for hydroxylation is 2. The molecule has 0 aliphatic carbocycles. The van der Waals surface area contributed by atoms with Gasteiger partial charge in [-0.1, -0.05) is 43.7 Å². The SMILES string of the molecule is CCCCc1ccc(-n2nc3ccc(NC(=S)NC(=O)c4ccccc4C)cc3n2)cc1. The summed E-state index contributed by atoms with van der Waals surface area (Å²) in [6.07, 6.45) is 3.45. The molecule has 6 nitrogen and oxygen atoms in total. The number of carbonyl (C=O) groups is 1. The lowest BCUT2D eigenvalue weighted by molar-refractivity contribution is 0.0977. The zero-order chi connectivity index (χ0) is 22.5. The van der Waals surface area contributed by atoms with Crippen LogP contribution in [0.1, 0.15) is 41.3 Å². The molecule has 1 amide bonds. The summed E-state index contributed by atoms with van der Waals surface area (Å²) in [7, 11) is 0. The third kappa shape index (κ3) is 5.00. The van der Waals surface area contributed by atoms with Crippen LogP contribution in [-0.4, -0.2) is 26.0 Å². The average molecular weight is 444 g/mol. The fourth-order valence-corrected chi connectivity index (χ4v) is 3.66. The summed E-state index contributed by atoms with van der Waals surface area (Å²) in [5, 5.41) is 15.2. The van der Waals surface area contributed by atoms with E-state index in [0.29, 0.717) is 5.56 Å². The lowest BCUT2D eigenvalue weighted by Crippen LogP contribution is -2.34. The molecule has 3 aromatic carbocycles. The number of rotatable bonds is 6. The highest BCUT2D eigenvalue weighted by Crippen LogP contribution is 2.18. The smallest absolute Gasteiger partial charge is 0.257 e. The summed E-state index contributed by atoms with van der Waals surface area (Å²) in [5.41, 5.74) is 5.96. The van der Waals surface area contributed by atoms with E-state index in [1.165, 1.54) is 18.4 Å². The largest absolute Gasteiger partial charge is 0.332 e. The molecule has 0 saturated heterocycles. The number of hydrogen-bond acceptors (Lipinski definition) is 4. The first-order valence-electron chi connectivity index (χ1n) is 10.7. The highest BCUT2D eigenvalue weighted by molar-refractivity contribution is 7.80. The molecule has 32 heavy (non-hydrogen) atoms. The van der Waals surface area contributed by atoms with Crippen LogP contribution in [0.2, 0.25) is 0 Å². The Kier molecular flexibility index (Phi) is 6.56. The molecule has 0 bridgehead atoms. The number of anilines is 1. The molecular formula is C25H25N5OS. The number of unbranched alkanes of at least 4 members (excludes halogenated alkanes) is 1. The third-order valence-corrected chi connectivity index (χ3v) is 5.45. The minimum absolute atomic E-state index is 0.229. The molecule has 1 heterocycles. The Morgan fingerprint density at radius 1 is 1.00 bits per heavy atom. The molecule has 1 aromatic heterocycles. The first kappa shape index (κ1) is 21.6.